The lowest BCUT2D eigenvalue weighted by Crippen LogP contribution is -2.23. The van der Waals surface area contributed by atoms with Crippen molar-refractivity contribution in [3.8, 4) is 0 Å². The van der Waals surface area contributed by atoms with E-state index < -0.39 is 0 Å². The molecule has 0 aliphatic rings. The van der Waals surface area contributed by atoms with Gasteiger partial charge >= 0.3 is 5.97 Å². The largest absolute Gasteiger partial charge is 0.466 e. The second-order valence-corrected chi connectivity index (χ2v) is 5.35. The molecule has 0 aliphatic carbocycles. The molecule has 1 atom stereocenters. The van der Waals surface area contributed by atoms with Gasteiger partial charge in [0.2, 0.25) is 0 Å². The smallest absolute Gasteiger partial charge is 0.307 e. The second kappa shape index (κ2) is 6.90. The summed E-state index contributed by atoms with van der Waals surface area (Å²) < 4.78 is 6.11. The molecule has 100 valence electrons. The van der Waals surface area contributed by atoms with E-state index in [0.29, 0.717) is 13.0 Å². The van der Waals surface area contributed by atoms with Crippen LogP contribution in [0, 0.1) is 6.92 Å². The maximum atomic E-state index is 11.6. The van der Waals surface area contributed by atoms with E-state index in [1.54, 1.807) is 0 Å². The highest BCUT2D eigenvalue weighted by molar-refractivity contribution is 9.10. The molecule has 1 rings (SSSR count). The van der Waals surface area contributed by atoms with E-state index >= 15 is 0 Å². The first-order valence-corrected chi connectivity index (χ1v) is 6.83. The minimum absolute atomic E-state index is 0.0517. The number of aryl methyl sites for hydroxylation is 1. The summed E-state index contributed by atoms with van der Waals surface area (Å²) in [5.41, 5.74) is 2.30. The first-order chi connectivity index (χ1) is 8.45. The van der Waals surface area contributed by atoms with Crippen molar-refractivity contribution in [3.63, 3.8) is 0 Å². The summed E-state index contributed by atoms with van der Waals surface area (Å²) >= 11 is 3.49. The number of esters is 1. The number of carbonyl (C=O) groups is 1. The highest BCUT2D eigenvalue weighted by Gasteiger charge is 2.19. The van der Waals surface area contributed by atoms with Gasteiger partial charge in [-0.3, -0.25) is 4.79 Å². The molecule has 0 aliphatic heterocycles. The molecule has 0 amide bonds. The van der Waals surface area contributed by atoms with Crippen LogP contribution < -0.4 is 0 Å². The summed E-state index contributed by atoms with van der Waals surface area (Å²) in [4.78, 5) is 13.7. The summed E-state index contributed by atoms with van der Waals surface area (Å²) in [5.74, 6) is -0.156. The van der Waals surface area contributed by atoms with Crippen LogP contribution >= 0.6 is 15.9 Å². The number of halogens is 1. The molecule has 0 bridgehead atoms. The van der Waals surface area contributed by atoms with Crippen molar-refractivity contribution in [1.29, 1.82) is 0 Å². The lowest BCUT2D eigenvalue weighted by molar-refractivity contribution is -0.144. The summed E-state index contributed by atoms with van der Waals surface area (Å²) in [7, 11) is 3.95. The Labute approximate surface area is 117 Å². The van der Waals surface area contributed by atoms with Crippen molar-refractivity contribution in [2.24, 2.45) is 0 Å². The van der Waals surface area contributed by atoms with Crippen LogP contribution in [-0.4, -0.2) is 31.6 Å². The van der Waals surface area contributed by atoms with Crippen molar-refractivity contribution in [2.45, 2.75) is 26.3 Å². The van der Waals surface area contributed by atoms with Crippen LogP contribution in [0.5, 0.6) is 0 Å². The van der Waals surface area contributed by atoms with Crippen molar-refractivity contribution in [1.82, 2.24) is 4.90 Å². The van der Waals surface area contributed by atoms with E-state index in [1.165, 1.54) is 5.56 Å². The van der Waals surface area contributed by atoms with Gasteiger partial charge in [0.25, 0.3) is 0 Å². The van der Waals surface area contributed by atoms with Gasteiger partial charge < -0.3 is 9.64 Å². The number of rotatable bonds is 5. The van der Waals surface area contributed by atoms with Gasteiger partial charge in [-0.1, -0.05) is 28.1 Å². The van der Waals surface area contributed by atoms with E-state index in [1.807, 2.05) is 45.0 Å². The maximum absolute atomic E-state index is 11.6. The minimum atomic E-state index is -0.156. The second-order valence-electron chi connectivity index (χ2n) is 4.50. The van der Waals surface area contributed by atoms with Crippen LogP contribution in [0.1, 0.15) is 30.5 Å². The fraction of sp³-hybridized carbons (Fsp3) is 0.500. The molecule has 18 heavy (non-hydrogen) atoms. The summed E-state index contributed by atoms with van der Waals surface area (Å²) in [6.45, 7) is 4.30. The van der Waals surface area contributed by atoms with E-state index in [9.17, 15) is 4.79 Å². The third kappa shape index (κ3) is 4.10. The highest BCUT2D eigenvalue weighted by Crippen LogP contribution is 2.26. The van der Waals surface area contributed by atoms with Crippen molar-refractivity contribution in [3.05, 3.63) is 33.8 Å². The Bertz CT molecular complexity index is 418. The summed E-state index contributed by atoms with van der Waals surface area (Å²) in [6.07, 6.45) is 0.377. The topological polar surface area (TPSA) is 29.5 Å². The fourth-order valence-electron chi connectivity index (χ4n) is 1.85. The molecule has 0 spiro atoms. The number of hydrogen-bond acceptors (Lipinski definition) is 3. The third-order valence-electron chi connectivity index (χ3n) is 2.86. The molecule has 0 radical (unpaired) electrons. The lowest BCUT2D eigenvalue weighted by atomic mass is 10.0. The van der Waals surface area contributed by atoms with E-state index in [4.69, 9.17) is 4.74 Å². The van der Waals surface area contributed by atoms with Crippen LogP contribution in [0.25, 0.3) is 0 Å². The molecule has 1 aromatic carbocycles. The molecule has 1 aromatic rings. The van der Waals surface area contributed by atoms with E-state index in [-0.39, 0.29) is 12.0 Å². The lowest BCUT2D eigenvalue weighted by Gasteiger charge is -2.24. The Balaban J connectivity index is 2.90. The van der Waals surface area contributed by atoms with Gasteiger partial charge in [-0.05, 0) is 45.1 Å². The fourth-order valence-corrected chi connectivity index (χ4v) is 2.10. The Morgan fingerprint density at radius 1 is 1.44 bits per heavy atom. The standard InChI is InChI=1S/C14H20BrNO2/c1-5-18-14(17)9-13(16(3)4)11-6-7-12(15)10(2)8-11/h6-8,13H,5,9H2,1-4H3. The van der Waals surface area contributed by atoms with Gasteiger partial charge in [0, 0.05) is 10.5 Å². The minimum Gasteiger partial charge on any atom is -0.466 e. The normalized spacial score (nSPS) is 12.6. The molecule has 3 nitrogen and oxygen atoms in total. The zero-order valence-electron chi connectivity index (χ0n) is 11.4. The monoisotopic (exact) mass is 313 g/mol. The average molecular weight is 314 g/mol. The molecule has 0 fully saturated rings. The Kier molecular flexibility index (Phi) is 5.82. The van der Waals surface area contributed by atoms with E-state index in [0.717, 1.165) is 10.0 Å². The van der Waals surface area contributed by atoms with Crippen LogP contribution in [-0.2, 0) is 9.53 Å². The predicted octanol–water partition coefficient (Wildman–Crippen LogP) is 3.31. The summed E-state index contributed by atoms with van der Waals surface area (Å²) in [5, 5.41) is 0. The zero-order valence-corrected chi connectivity index (χ0v) is 13.0. The zero-order chi connectivity index (χ0) is 13.7. The number of ether oxygens (including phenoxy) is 1. The first-order valence-electron chi connectivity index (χ1n) is 6.03. The number of nitrogens with zero attached hydrogens (tertiary/aromatic N) is 1. The summed E-state index contributed by atoms with van der Waals surface area (Å²) in [6, 6.07) is 6.22. The molecule has 1 unspecified atom stereocenters. The highest BCUT2D eigenvalue weighted by atomic mass is 79.9. The van der Waals surface area contributed by atoms with Crippen molar-refractivity contribution >= 4 is 21.9 Å². The Morgan fingerprint density at radius 3 is 2.61 bits per heavy atom. The quantitative estimate of drug-likeness (QED) is 0.781. The molecule has 4 heteroatoms. The van der Waals surface area contributed by atoms with Gasteiger partial charge in [0.15, 0.2) is 0 Å². The molecular weight excluding hydrogens is 294 g/mol. The van der Waals surface area contributed by atoms with Crippen LogP contribution in [0.3, 0.4) is 0 Å². The van der Waals surface area contributed by atoms with Gasteiger partial charge in [-0.2, -0.15) is 0 Å². The van der Waals surface area contributed by atoms with Crippen LogP contribution in [0.15, 0.2) is 22.7 Å². The van der Waals surface area contributed by atoms with Gasteiger partial charge in [-0.15, -0.1) is 0 Å². The van der Waals surface area contributed by atoms with Gasteiger partial charge in [-0.25, -0.2) is 0 Å². The maximum Gasteiger partial charge on any atom is 0.307 e. The molecular formula is C14H20BrNO2. The van der Waals surface area contributed by atoms with E-state index in [2.05, 4.69) is 22.0 Å². The molecule has 0 saturated heterocycles. The SMILES string of the molecule is CCOC(=O)CC(c1ccc(Br)c(C)c1)N(C)C. The first kappa shape index (κ1) is 15.2. The molecule has 0 N–H and O–H groups in total. The number of carbonyl (C=O) groups excluding carboxylic acids is 1. The average Bonchev–Trinajstić information content (AvgIpc) is 2.30. The third-order valence-corrected chi connectivity index (χ3v) is 3.75. The molecule has 0 aromatic heterocycles. The number of benzene rings is 1. The van der Waals surface area contributed by atoms with Crippen LogP contribution in [0.2, 0.25) is 0 Å². The van der Waals surface area contributed by atoms with Gasteiger partial charge in [0.05, 0.1) is 13.0 Å². The van der Waals surface area contributed by atoms with Crippen molar-refractivity contribution in [2.75, 3.05) is 20.7 Å². The molecule has 0 heterocycles. The Hall–Kier alpha value is -0.870. The predicted molar refractivity (Wildman–Crippen MR) is 76.6 cm³/mol. The number of hydrogen-bond donors (Lipinski definition) is 0. The Morgan fingerprint density at radius 2 is 2.11 bits per heavy atom. The van der Waals surface area contributed by atoms with Crippen molar-refractivity contribution < 1.29 is 9.53 Å². The van der Waals surface area contributed by atoms with Gasteiger partial charge in [0.1, 0.15) is 0 Å². The molecule has 0 saturated carbocycles. The van der Waals surface area contributed by atoms with Crippen LogP contribution in [0.4, 0.5) is 0 Å².